The number of rotatable bonds is 6. The quantitative estimate of drug-likeness (QED) is 0.522. The second-order valence-corrected chi connectivity index (χ2v) is 4.87. The molecule has 5 N–H and O–H groups in total. The van der Waals surface area contributed by atoms with E-state index >= 15 is 0 Å². The van der Waals surface area contributed by atoms with E-state index in [1.807, 2.05) is 0 Å². The Bertz CT molecular complexity index is 288. The van der Waals surface area contributed by atoms with Crippen molar-refractivity contribution in [3.05, 3.63) is 0 Å². The summed E-state index contributed by atoms with van der Waals surface area (Å²) >= 11 is 0. The van der Waals surface area contributed by atoms with Gasteiger partial charge in [-0.15, -0.1) is 0 Å². The van der Waals surface area contributed by atoms with Gasteiger partial charge in [-0.1, -0.05) is 0 Å². The van der Waals surface area contributed by atoms with Crippen molar-refractivity contribution in [3.63, 3.8) is 0 Å². The molecule has 1 amide bonds. The van der Waals surface area contributed by atoms with Crippen molar-refractivity contribution in [1.29, 1.82) is 0 Å². The number of carboxylic acids is 1. The summed E-state index contributed by atoms with van der Waals surface area (Å²) in [4.78, 5) is 22.8. The van der Waals surface area contributed by atoms with Gasteiger partial charge in [0.25, 0.3) is 0 Å². The number of aliphatic carboxylic acids is 1. The molecule has 0 saturated heterocycles. The number of carboxylic acid groups (broad SMARTS) is 1. The van der Waals surface area contributed by atoms with E-state index in [1.54, 1.807) is 0 Å². The molecule has 0 aromatic heterocycles. The number of nitrogens with one attached hydrogen (secondary N) is 1. The minimum Gasteiger partial charge on any atom is -0.480 e. The van der Waals surface area contributed by atoms with Gasteiger partial charge in [0.1, 0.15) is 6.04 Å². The highest BCUT2D eigenvalue weighted by Crippen LogP contribution is 2.28. The first kappa shape index (κ1) is 14.9. The number of hydrogen-bond donors (Lipinski definition) is 4. The Morgan fingerprint density at radius 3 is 2.33 bits per heavy atom. The lowest BCUT2D eigenvalue weighted by atomic mass is 9.81. The molecule has 18 heavy (non-hydrogen) atoms. The van der Waals surface area contributed by atoms with Gasteiger partial charge < -0.3 is 21.3 Å². The normalized spacial score (nSPS) is 25.4. The van der Waals surface area contributed by atoms with E-state index in [4.69, 9.17) is 15.9 Å². The molecule has 1 aliphatic rings. The van der Waals surface area contributed by atoms with Crippen LogP contribution in [0, 0.1) is 11.8 Å². The largest absolute Gasteiger partial charge is 0.480 e. The Morgan fingerprint density at radius 2 is 1.89 bits per heavy atom. The third kappa shape index (κ3) is 4.27. The number of nitrogens with two attached hydrogens (primary N) is 1. The first-order valence-electron chi connectivity index (χ1n) is 6.42. The van der Waals surface area contributed by atoms with Gasteiger partial charge >= 0.3 is 5.97 Å². The van der Waals surface area contributed by atoms with E-state index in [1.165, 1.54) is 0 Å². The summed E-state index contributed by atoms with van der Waals surface area (Å²) in [7, 11) is 0. The number of aliphatic hydroxyl groups excluding tert-OH is 1. The molecule has 0 aromatic rings. The molecule has 0 spiro atoms. The van der Waals surface area contributed by atoms with Crippen LogP contribution in [0.1, 0.15) is 32.1 Å². The third-order valence-corrected chi connectivity index (χ3v) is 3.58. The lowest BCUT2D eigenvalue weighted by molar-refractivity contribution is -0.143. The molecule has 6 nitrogen and oxygen atoms in total. The summed E-state index contributed by atoms with van der Waals surface area (Å²) < 4.78 is 0. The summed E-state index contributed by atoms with van der Waals surface area (Å²) in [5.74, 6) is -0.950. The first-order chi connectivity index (χ1) is 8.58. The molecule has 0 heterocycles. The summed E-state index contributed by atoms with van der Waals surface area (Å²) in [5.41, 5.74) is 5.58. The van der Waals surface area contributed by atoms with E-state index in [-0.39, 0.29) is 24.9 Å². The van der Waals surface area contributed by atoms with Crippen LogP contribution in [-0.2, 0) is 9.59 Å². The molecule has 1 fully saturated rings. The zero-order valence-corrected chi connectivity index (χ0v) is 10.5. The van der Waals surface area contributed by atoms with E-state index in [0.29, 0.717) is 12.5 Å². The highest BCUT2D eigenvalue weighted by molar-refractivity contribution is 5.84. The lowest BCUT2D eigenvalue weighted by Gasteiger charge is -2.27. The van der Waals surface area contributed by atoms with E-state index < -0.39 is 12.0 Å². The van der Waals surface area contributed by atoms with Gasteiger partial charge in [-0.2, -0.15) is 0 Å². The second-order valence-electron chi connectivity index (χ2n) is 4.87. The van der Waals surface area contributed by atoms with Gasteiger partial charge in [-0.3, -0.25) is 4.79 Å². The number of carbonyl (C=O) groups excluding carboxylic acids is 1. The van der Waals surface area contributed by atoms with Gasteiger partial charge in [-0.25, -0.2) is 4.79 Å². The SMILES string of the molecule is NCC1CCC(C(=O)NC(CCO)C(=O)O)CC1. The average Bonchev–Trinajstić information content (AvgIpc) is 2.38. The minimum absolute atomic E-state index is 0.0409. The molecule has 0 aromatic carbocycles. The minimum atomic E-state index is -1.10. The second kappa shape index (κ2) is 7.33. The van der Waals surface area contributed by atoms with Crippen LogP contribution in [0.25, 0.3) is 0 Å². The highest BCUT2D eigenvalue weighted by Gasteiger charge is 2.28. The maximum absolute atomic E-state index is 11.9. The van der Waals surface area contributed by atoms with Crippen molar-refractivity contribution in [2.75, 3.05) is 13.2 Å². The molecule has 1 atom stereocenters. The predicted molar refractivity (Wildman–Crippen MR) is 65.8 cm³/mol. The Balaban J connectivity index is 2.42. The highest BCUT2D eigenvalue weighted by atomic mass is 16.4. The van der Waals surface area contributed by atoms with Crippen LogP contribution in [0.5, 0.6) is 0 Å². The Morgan fingerprint density at radius 1 is 1.28 bits per heavy atom. The molecular weight excluding hydrogens is 236 g/mol. The fourth-order valence-corrected chi connectivity index (χ4v) is 2.34. The van der Waals surface area contributed by atoms with Crippen molar-refractivity contribution >= 4 is 11.9 Å². The van der Waals surface area contributed by atoms with E-state index in [0.717, 1.165) is 25.7 Å². The van der Waals surface area contributed by atoms with E-state index in [2.05, 4.69) is 5.32 Å². The Hall–Kier alpha value is -1.14. The number of hydrogen-bond acceptors (Lipinski definition) is 4. The predicted octanol–water partition coefficient (Wildman–Crippen LogP) is -0.297. The van der Waals surface area contributed by atoms with Gasteiger partial charge in [0.05, 0.1) is 0 Å². The monoisotopic (exact) mass is 258 g/mol. The molecule has 0 radical (unpaired) electrons. The van der Waals surface area contributed by atoms with Crippen molar-refractivity contribution in [3.8, 4) is 0 Å². The van der Waals surface area contributed by atoms with Crippen LogP contribution in [0.2, 0.25) is 0 Å². The molecular formula is C12H22N2O4. The van der Waals surface area contributed by atoms with Crippen LogP contribution in [0.3, 0.4) is 0 Å². The molecule has 1 unspecified atom stereocenters. The van der Waals surface area contributed by atoms with Crippen molar-refractivity contribution in [2.45, 2.75) is 38.1 Å². The maximum atomic E-state index is 11.9. The van der Waals surface area contributed by atoms with Crippen LogP contribution >= 0.6 is 0 Å². The Labute approximate surface area is 107 Å². The first-order valence-corrected chi connectivity index (χ1v) is 6.42. The van der Waals surface area contributed by atoms with E-state index in [9.17, 15) is 9.59 Å². The summed E-state index contributed by atoms with van der Waals surface area (Å²) in [5, 5.41) is 20.1. The molecule has 6 heteroatoms. The van der Waals surface area contributed by atoms with Crippen molar-refractivity contribution in [2.24, 2.45) is 17.6 Å². The third-order valence-electron chi connectivity index (χ3n) is 3.58. The zero-order valence-electron chi connectivity index (χ0n) is 10.5. The molecule has 1 saturated carbocycles. The van der Waals surface area contributed by atoms with Gasteiger partial charge in [-0.05, 0) is 38.1 Å². The fraction of sp³-hybridized carbons (Fsp3) is 0.833. The lowest BCUT2D eigenvalue weighted by Crippen LogP contribution is -2.45. The molecule has 1 rings (SSSR count). The number of amides is 1. The number of aliphatic hydroxyl groups is 1. The van der Waals surface area contributed by atoms with Crippen LogP contribution in [0.4, 0.5) is 0 Å². The fourth-order valence-electron chi connectivity index (χ4n) is 2.34. The summed E-state index contributed by atoms with van der Waals surface area (Å²) in [6.07, 6.45) is 3.41. The van der Waals surface area contributed by atoms with Crippen LogP contribution < -0.4 is 11.1 Å². The summed E-state index contributed by atoms with van der Waals surface area (Å²) in [6.45, 7) is 0.397. The molecule has 104 valence electrons. The van der Waals surface area contributed by atoms with Crippen LogP contribution in [-0.4, -0.2) is 41.3 Å². The standard InChI is InChI=1S/C12H22N2O4/c13-7-8-1-3-9(4-2-8)11(16)14-10(5-6-15)12(17)18/h8-10,15H,1-7,13H2,(H,14,16)(H,17,18). The molecule has 0 aliphatic heterocycles. The van der Waals surface area contributed by atoms with Gasteiger partial charge in [0, 0.05) is 18.9 Å². The molecule has 0 bridgehead atoms. The molecule has 1 aliphatic carbocycles. The van der Waals surface area contributed by atoms with Gasteiger partial charge in [0.2, 0.25) is 5.91 Å². The van der Waals surface area contributed by atoms with Crippen molar-refractivity contribution in [1.82, 2.24) is 5.32 Å². The summed E-state index contributed by atoms with van der Waals surface area (Å²) in [6, 6.07) is -0.991. The average molecular weight is 258 g/mol. The topological polar surface area (TPSA) is 113 Å². The van der Waals surface area contributed by atoms with Gasteiger partial charge in [0.15, 0.2) is 0 Å². The Kier molecular flexibility index (Phi) is 6.07. The number of carbonyl (C=O) groups is 2. The maximum Gasteiger partial charge on any atom is 0.326 e. The smallest absolute Gasteiger partial charge is 0.326 e. The zero-order chi connectivity index (χ0) is 13.5. The van der Waals surface area contributed by atoms with Crippen LogP contribution in [0.15, 0.2) is 0 Å². The van der Waals surface area contributed by atoms with Crippen molar-refractivity contribution < 1.29 is 19.8 Å².